The van der Waals surface area contributed by atoms with Crippen molar-refractivity contribution in [1.82, 2.24) is 16.0 Å². The van der Waals surface area contributed by atoms with Crippen LogP contribution in [0, 0.1) is 16.0 Å². The van der Waals surface area contributed by atoms with Crippen molar-refractivity contribution in [2.75, 3.05) is 5.32 Å². The van der Waals surface area contributed by atoms with Gasteiger partial charge in [-0.25, -0.2) is 4.79 Å². The molecule has 3 aromatic rings. The van der Waals surface area contributed by atoms with Gasteiger partial charge in [0.2, 0.25) is 17.7 Å². The number of carbonyl (C=O) groups is 5. The van der Waals surface area contributed by atoms with Crippen molar-refractivity contribution in [1.29, 1.82) is 0 Å². The molecule has 3 atom stereocenters. The topological polar surface area (TPSA) is 206 Å². The summed E-state index contributed by atoms with van der Waals surface area (Å²) < 4.78 is 5.32. The van der Waals surface area contributed by atoms with Gasteiger partial charge in [-0.1, -0.05) is 74.5 Å². The molecule has 48 heavy (non-hydrogen) atoms. The van der Waals surface area contributed by atoms with Crippen LogP contribution < -0.4 is 21.3 Å². The molecular weight excluding hydrogens is 622 g/mol. The van der Waals surface area contributed by atoms with Gasteiger partial charge in [-0.2, -0.15) is 0 Å². The first-order valence-electron chi connectivity index (χ1n) is 15.3. The molecule has 0 saturated carbocycles. The number of aliphatic carboxylic acids is 1. The number of amides is 4. The number of nitro benzene ring substituents is 1. The predicted octanol–water partition coefficient (Wildman–Crippen LogP) is 3.95. The first-order valence-corrected chi connectivity index (χ1v) is 15.3. The number of rotatable bonds is 17. The fourth-order valence-corrected chi connectivity index (χ4v) is 4.65. The van der Waals surface area contributed by atoms with Gasteiger partial charge in [0.15, 0.2) is 0 Å². The van der Waals surface area contributed by atoms with Gasteiger partial charge in [-0.05, 0) is 42.0 Å². The molecule has 0 heterocycles. The van der Waals surface area contributed by atoms with Gasteiger partial charge in [-0.3, -0.25) is 29.3 Å². The van der Waals surface area contributed by atoms with Crippen LogP contribution in [-0.2, 0) is 36.9 Å². The highest BCUT2D eigenvalue weighted by atomic mass is 16.6. The molecule has 0 fully saturated rings. The minimum Gasteiger partial charge on any atom is -0.481 e. The maximum absolute atomic E-state index is 13.6. The maximum Gasteiger partial charge on any atom is 0.408 e. The van der Waals surface area contributed by atoms with Gasteiger partial charge in [0.1, 0.15) is 24.7 Å². The standard InChI is InChI=1S/C34H39N5O9/c1-22(2)19-28(32(43)36-27(17-18-30(40)41)31(42)35-25-13-15-26(16-14-25)39(46)47)37-33(44)29(20-23-9-5-3-6-10-23)38-34(45)48-21-24-11-7-4-8-12-24/h3-16,22,27-29H,17-21H2,1-2H3,(H,35,42)(H,36,43)(H,37,44)(H,38,45)(H,40,41). The fraction of sp³-hybridized carbons (Fsp3) is 0.324. The van der Waals surface area contributed by atoms with Crippen molar-refractivity contribution >= 4 is 41.2 Å². The first kappa shape index (κ1) is 36.7. The SMILES string of the molecule is CC(C)CC(NC(=O)C(Cc1ccccc1)NC(=O)OCc1ccccc1)C(=O)NC(CCC(=O)O)C(=O)Nc1ccc([N+](=O)[O-])cc1. The number of nitrogens with zero attached hydrogens (tertiary/aromatic N) is 1. The highest BCUT2D eigenvalue weighted by Gasteiger charge is 2.31. The molecular formula is C34H39N5O9. The Kier molecular flexibility index (Phi) is 14.0. The minimum atomic E-state index is -1.32. The number of anilines is 1. The lowest BCUT2D eigenvalue weighted by molar-refractivity contribution is -0.384. The molecule has 14 nitrogen and oxygen atoms in total. The summed E-state index contributed by atoms with van der Waals surface area (Å²) in [7, 11) is 0. The summed E-state index contributed by atoms with van der Waals surface area (Å²) in [6, 6.07) is 19.3. The van der Waals surface area contributed by atoms with Crippen LogP contribution >= 0.6 is 0 Å². The quantitative estimate of drug-likeness (QED) is 0.105. The van der Waals surface area contributed by atoms with Crippen LogP contribution in [0.3, 0.4) is 0 Å². The molecule has 0 spiro atoms. The second-order valence-electron chi connectivity index (χ2n) is 11.4. The zero-order valence-corrected chi connectivity index (χ0v) is 26.6. The number of hydrogen-bond acceptors (Lipinski definition) is 8. The highest BCUT2D eigenvalue weighted by Crippen LogP contribution is 2.16. The Hall–Kier alpha value is -5.79. The van der Waals surface area contributed by atoms with Gasteiger partial charge in [-0.15, -0.1) is 0 Å². The molecule has 0 bridgehead atoms. The Morgan fingerprint density at radius 1 is 0.750 bits per heavy atom. The largest absolute Gasteiger partial charge is 0.481 e. The summed E-state index contributed by atoms with van der Waals surface area (Å²) in [6.07, 6.45) is -1.32. The molecule has 0 radical (unpaired) electrons. The molecule has 14 heteroatoms. The molecule has 4 amide bonds. The van der Waals surface area contributed by atoms with E-state index in [0.717, 1.165) is 11.1 Å². The van der Waals surface area contributed by atoms with E-state index in [1.807, 2.05) is 26.0 Å². The van der Waals surface area contributed by atoms with Gasteiger partial charge in [0.25, 0.3) is 5.69 Å². The number of non-ortho nitro benzene ring substituents is 1. The fourth-order valence-electron chi connectivity index (χ4n) is 4.65. The second-order valence-corrected chi connectivity index (χ2v) is 11.4. The number of carboxylic acids is 1. The van der Waals surface area contributed by atoms with Crippen molar-refractivity contribution in [2.45, 2.75) is 64.3 Å². The molecule has 5 N–H and O–H groups in total. The van der Waals surface area contributed by atoms with Crippen LogP contribution in [0.2, 0.25) is 0 Å². The summed E-state index contributed by atoms with van der Waals surface area (Å²) in [5.74, 6) is -3.45. The number of benzene rings is 3. The van der Waals surface area contributed by atoms with E-state index in [1.165, 1.54) is 24.3 Å². The zero-order chi connectivity index (χ0) is 35.1. The van der Waals surface area contributed by atoms with Gasteiger partial charge < -0.3 is 31.1 Å². The van der Waals surface area contributed by atoms with Crippen molar-refractivity contribution in [3.63, 3.8) is 0 Å². The molecule has 254 valence electrons. The average molecular weight is 662 g/mol. The van der Waals surface area contributed by atoms with Gasteiger partial charge >= 0.3 is 12.1 Å². The van der Waals surface area contributed by atoms with Crippen molar-refractivity contribution < 1.29 is 38.7 Å². The van der Waals surface area contributed by atoms with E-state index in [4.69, 9.17) is 4.74 Å². The lowest BCUT2D eigenvalue weighted by Crippen LogP contribution is -2.57. The summed E-state index contributed by atoms with van der Waals surface area (Å²) in [6.45, 7) is 3.64. The second kappa shape index (κ2) is 18.4. The van der Waals surface area contributed by atoms with Crippen LogP contribution in [0.25, 0.3) is 0 Å². The summed E-state index contributed by atoms with van der Waals surface area (Å²) in [5.41, 5.74) is 1.49. The highest BCUT2D eigenvalue weighted by molar-refractivity contribution is 5.99. The molecule has 0 aliphatic carbocycles. The Balaban J connectivity index is 1.76. The number of carboxylic acid groups (broad SMARTS) is 1. The maximum atomic E-state index is 13.6. The molecule has 0 saturated heterocycles. The normalized spacial score (nSPS) is 12.6. The smallest absolute Gasteiger partial charge is 0.408 e. The van der Waals surface area contributed by atoms with Crippen molar-refractivity contribution in [2.24, 2.45) is 5.92 Å². The summed E-state index contributed by atoms with van der Waals surface area (Å²) >= 11 is 0. The van der Waals surface area contributed by atoms with Crippen LogP contribution in [0.1, 0.15) is 44.2 Å². The third-order valence-corrected chi connectivity index (χ3v) is 7.07. The predicted molar refractivity (Wildman–Crippen MR) is 176 cm³/mol. The van der Waals surface area contributed by atoms with Crippen molar-refractivity contribution in [3.8, 4) is 0 Å². The number of alkyl carbamates (subject to hydrolysis) is 1. The van der Waals surface area contributed by atoms with Crippen LogP contribution in [0.15, 0.2) is 84.9 Å². The van der Waals surface area contributed by atoms with Crippen molar-refractivity contribution in [3.05, 3.63) is 106 Å². The minimum absolute atomic E-state index is 0.0234. The number of ether oxygens (including phenoxy) is 1. The van der Waals surface area contributed by atoms with E-state index >= 15 is 0 Å². The molecule has 3 rings (SSSR count). The third-order valence-electron chi connectivity index (χ3n) is 7.07. The molecule has 0 aliphatic heterocycles. The van der Waals surface area contributed by atoms with E-state index in [0.29, 0.717) is 0 Å². The molecule has 0 aliphatic rings. The monoisotopic (exact) mass is 661 g/mol. The molecule has 3 unspecified atom stereocenters. The lowest BCUT2D eigenvalue weighted by Gasteiger charge is -2.26. The lowest BCUT2D eigenvalue weighted by atomic mass is 10.0. The zero-order valence-electron chi connectivity index (χ0n) is 26.6. The van der Waals surface area contributed by atoms with Crippen LogP contribution in [0.4, 0.5) is 16.2 Å². The van der Waals surface area contributed by atoms with E-state index < -0.39 is 59.3 Å². The summed E-state index contributed by atoms with van der Waals surface area (Å²) in [4.78, 5) is 74.8. The number of nitrogens with one attached hydrogen (secondary N) is 4. The molecule has 0 aromatic heterocycles. The first-order chi connectivity index (χ1) is 22.9. The van der Waals surface area contributed by atoms with Crippen LogP contribution in [-0.4, -0.2) is 57.9 Å². The number of carbonyl (C=O) groups excluding carboxylic acids is 4. The van der Waals surface area contributed by atoms with Crippen LogP contribution in [0.5, 0.6) is 0 Å². The Morgan fingerprint density at radius 2 is 1.31 bits per heavy atom. The van der Waals surface area contributed by atoms with E-state index in [-0.39, 0.29) is 43.2 Å². The Bertz CT molecular complexity index is 1550. The number of nitro groups is 1. The summed E-state index contributed by atoms with van der Waals surface area (Å²) in [5, 5.41) is 30.6. The Morgan fingerprint density at radius 3 is 1.88 bits per heavy atom. The van der Waals surface area contributed by atoms with E-state index in [9.17, 15) is 39.2 Å². The number of hydrogen-bond donors (Lipinski definition) is 5. The van der Waals surface area contributed by atoms with Gasteiger partial charge in [0, 0.05) is 30.7 Å². The van der Waals surface area contributed by atoms with E-state index in [1.54, 1.807) is 48.5 Å². The molecule has 3 aromatic carbocycles. The van der Waals surface area contributed by atoms with E-state index in [2.05, 4.69) is 21.3 Å². The van der Waals surface area contributed by atoms with Gasteiger partial charge in [0.05, 0.1) is 4.92 Å². The average Bonchev–Trinajstić information content (AvgIpc) is 3.05. The third kappa shape index (κ3) is 12.5. The Labute approximate surface area is 277 Å².